The lowest BCUT2D eigenvalue weighted by molar-refractivity contribution is 0.575. The van der Waals surface area contributed by atoms with Crippen molar-refractivity contribution < 1.29 is 8.78 Å². The molecule has 0 amide bonds. The van der Waals surface area contributed by atoms with Gasteiger partial charge >= 0.3 is 0 Å². The van der Waals surface area contributed by atoms with Crippen molar-refractivity contribution in [3.05, 3.63) is 53.4 Å². The van der Waals surface area contributed by atoms with Crippen LogP contribution in [-0.4, -0.2) is 9.78 Å². The summed E-state index contributed by atoms with van der Waals surface area (Å²) in [5, 5.41) is 7.36. The summed E-state index contributed by atoms with van der Waals surface area (Å²) in [6.07, 6.45) is 4.81. The molecule has 0 bridgehead atoms. The standard InChI is InChI=1S/C14H17F2N3/c1-2-3-19-10-12(9-18-19)8-17-7-11-4-13(15)6-14(16)5-11/h4-6,9-10,17H,2-3,7-8H2,1H3. The molecule has 0 atom stereocenters. The van der Waals surface area contributed by atoms with Crippen molar-refractivity contribution in [2.24, 2.45) is 0 Å². The smallest absolute Gasteiger partial charge is 0.126 e. The average Bonchev–Trinajstić information content (AvgIpc) is 2.76. The van der Waals surface area contributed by atoms with Crippen molar-refractivity contribution >= 4 is 0 Å². The summed E-state index contributed by atoms with van der Waals surface area (Å²) in [5.41, 5.74) is 1.66. The summed E-state index contributed by atoms with van der Waals surface area (Å²) in [4.78, 5) is 0. The van der Waals surface area contributed by atoms with Gasteiger partial charge in [0.05, 0.1) is 6.20 Å². The topological polar surface area (TPSA) is 29.9 Å². The van der Waals surface area contributed by atoms with E-state index in [1.165, 1.54) is 12.1 Å². The highest BCUT2D eigenvalue weighted by molar-refractivity contribution is 5.17. The first-order valence-electron chi connectivity index (χ1n) is 6.34. The van der Waals surface area contributed by atoms with E-state index in [0.29, 0.717) is 18.7 Å². The lowest BCUT2D eigenvalue weighted by Gasteiger charge is -2.04. The predicted octanol–water partition coefficient (Wildman–Crippen LogP) is 2.86. The van der Waals surface area contributed by atoms with Gasteiger partial charge in [-0.05, 0) is 24.1 Å². The van der Waals surface area contributed by atoms with E-state index in [2.05, 4.69) is 17.3 Å². The maximum atomic E-state index is 13.0. The van der Waals surface area contributed by atoms with Crippen molar-refractivity contribution in [3.63, 3.8) is 0 Å². The maximum absolute atomic E-state index is 13.0. The van der Waals surface area contributed by atoms with Crippen molar-refractivity contribution in [2.45, 2.75) is 33.0 Å². The molecule has 1 N–H and O–H groups in total. The molecule has 0 unspecified atom stereocenters. The van der Waals surface area contributed by atoms with Crippen molar-refractivity contribution in [1.29, 1.82) is 0 Å². The van der Waals surface area contributed by atoms with Crippen LogP contribution in [0.4, 0.5) is 8.78 Å². The largest absolute Gasteiger partial charge is 0.308 e. The third kappa shape index (κ3) is 4.13. The van der Waals surface area contributed by atoms with E-state index in [9.17, 15) is 8.78 Å². The van der Waals surface area contributed by atoms with Crippen LogP contribution >= 0.6 is 0 Å². The third-order valence-electron chi connectivity index (χ3n) is 2.72. The predicted molar refractivity (Wildman–Crippen MR) is 69.4 cm³/mol. The second kappa shape index (κ2) is 6.43. The van der Waals surface area contributed by atoms with Gasteiger partial charge in [-0.1, -0.05) is 6.92 Å². The van der Waals surface area contributed by atoms with Crippen LogP contribution < -0.4 is 5.32 Å². The van der Waals surface area contributed by atoms with Crippen LogP contribution in [0.25, 0.3) is 0 Å². The molecule has 0 aliphatic carbocycles. The second-order valence-corrected chi connectivity index (χ2v) is 4.49. The monoisotopic (exact) mass is 265 g/mol. The van der Waals surface area contributed by atoms with E-state index in [1.807, 2.05) is 10.9 Å². The molecule has 0 aliphatic rings. The van der Waals surface area contributed by atoms with Gasteiger partial charge in [-0.3, -0.25) is 4.68 Å². The number of aryl methyl sites for hydroxylation is 1. The summed E-state index contributed by atoms with van der Waals surface area (Å²) in [7, 11) is 0. The van der Waals surface area contributed by atoms with Crippen molar-refractivity contribution in [2.75, 3.05) is 0 Å². The van der Waals surface area contributed by atoms with Crippen LogP contribution in [0.5, 0.6) is 0 Å². The molecule has 5 heteroatoms. The Kier molecular flexibility index (Phi) is 4.63. The fraction of sp³-hybridized carbons (Fsp3) is 0.357. The summed E-state index contributed by atoms with van der Waals surface area (Å²) in [5.74, 6) is -1.10. The molecule has 0 saturated carbocycles. The van der Waals surface area contributed by atoms with E-state index < -0.39 is 11.6 Å². The Morgan fingerprint density at radius 3 is 2.47 bits per heavy atom. The molecule has 102 valence electrons. The number of aromatic nitrogens is 2. The Balaban J connectivity index is 1.85. The van der Waals surface area contributed by atoms with E-state index in [1.54, 1.807) is 6.20 Å². The number of halogens is 2. The highest BCUT2D eigenvalue weighted by atomic mass is 19.1. The molecular weight excluding hydrogens is 248 g/mol. The van der Waals surface area contributed by atoms with Gasteiger partial charge in [0.1, 0.15) is 11.6 Å². The minimum atomic E-state index is -0.549. The summed E-state index contributed by atoms with van der Waals surface area (Å²) >= 11 is 0. The summed E-state index contributed by atoms with van der Waals surface area (Å²) < 4.78 is 27.9. The fourth-order valence-electron chi connectivity index (χ4n) is 1.91. The SMILES string of the molecule is CCCn1cc(CNCc2cc(F)cc(F)c2)cn1. The normalized spacial score (nSPS) is 10.9. The van der Waals surface area contributed by atoms with E-state index >= 15 is 0 Å². The molecular formula is C14H17F2N3. The Hall–Kier alpha value is -1.75. The Bertz CT molecular complexity index is 517. The molecule has 0 saturated heterocycles. The van der Waals surface area contributed by atoms with Crippen LogP contribution in [0.2, 0.25) is 0 Å². The van der Waals surface area contributed by atoms with Crippen LogP contribution in [0, 0.1) is 11.6 Å². The first-order valence-corrected chi connectivity index (χ1v) is 6.34. The zero-order valence-electron chi connectivity index (χ0n) is 10.9. The third-order valence-corrected chi connectivity index (χ3v) is 2.72. The van der Waals surface area contributed by atoms with Crippen LogP contribution in [0.15, 0.2) is 30.6 Å². The molecule has 3 nitrogen and oxygen atoms in total. The molecule has 0 spiro atoms. The van der Waals surface area contributed by atoms with E-state index in [4.69, 9.17) is 0 Å². The number of rotatable bonds is 6. The Morgan fingerprint density at radius 2 is 1.79 bits per heavy atom. The van der Waals surface area contributed by atoms with Gasteiger partial charge in [-0.15, -0.1) is 0 Å². The van der Waals surface area contributed by atoms with Gasteiger partial charge in [-0.25, -0.2) is 8.78 Å². The van der Waals surface area contributed by atoms with Gasteiger partial charge in [-0.2, -0.15) is 5.10 Å². The molecule has 1 aromatic heterocycles. The van der Waals surface area contributed by atoms with Gasteiger partial charge in [0.15, 0.2) is 0 Å². The number of hydrogen-bond donors (Lipinski definition) is 1. The van der Waals surface area contributed by atoms with Crippen molar-refractivity contribution in [3.8, 4) is 0 Å². The molecule has 2 rings (SSSR count). The van der Waals surface area contributed by atoms with Crippen molar-refractivity contribution in [1.82, 2.24) is 15.1 Å². The molecule has 0 fully saturated rings. The highest BCUT2D eigenvalue weighted by Gasteiger charge is 2.01. The molecule has 2 aromatic rings. The Labute approximate surface area is 111 Å². The molecule has 1 aromatic carbocycles. The Morgan fingerprint density at radius 1 is 1.11 bits per heavy atom. The summed E-state index contributed by atoms with van der Waals surface area (Å²) in [6, 6.07) is 3.53. The second-order valence-electron chi connectivity index (χ2n) is 4.49. The van der Waals surface area contributed by atoms with E-state index in [0.717, 1.165) is 24.6 Å². The van der Waals surface area contributed by atoms with Gasteiger partial charge < -0.3 is 5.32 Å². The fourth-order valence-corrected chi connectivity index (χ4v) is 1.91. The van der Waals surface area contributed by atoms with Gasteiger partial charge in [0.2, 0.25) is 0 Å². The summed E-state index contributed by atoms with van der Waals surface area (Å²) in [6.45, 7) is 4.04. The zero-order chi connectivity index (χ0) is 13.7. The molecule has 0 aliphatic heterocycles. The molecule has 19 heavy (non-hydrogen) atoms. The average molecular weight is 265 g/mol. The van der Waals surface area contributed by atoms with Crippen LogP contribution in [-0.2, 0) is 19.6 Å². The first kappa shape index (κ1) is 13.7. The van der Waals surface area contributed by atoms with Crippen LogP contribution in [0.3, 0.4) is 0 Å². The van der Waals surface area contributed by atoms with E-state index in [-0.39, 0.29) is 0 Å². The maximum Gasteiger partial charge on any atom is 0.126 e. The lowest BCUT2D eigenvalue weighted by Crippen LogP contribution is -2.12. The van der Waals surface area contributed by atoms with Gasteiger partial charge in [0.25, 0.3) is 0 Å². The zero-order valence-corrected chi connectivity index (χ0v) is 10.9. The van der Waals surface area contributed by atoms with Crippen LogP contribution in [0.1, 0.15) is 24.5 Å². The minimum Gasteiger partial charge on any atom is -0.308 e. The van der Waals surface area contributed by atoms with Gasteiger partial charge in [0, 0.05) is 37.5 Å². The quantitative estimate of drug-likeness (QED) is 0.870. The number of nitrogens with one attached hydrogen (secondary N) is 1. The molecule has 0 radical (unpaired) electrons. The minimum absolute atomic E-state index is 0.424. The number of benzene rings is 1. The molecule has 1 heterocycles. The number of hydrogen-bond acceptors (Lipinski definition) is 2. The lowest BCUT2D eigenvalue weighted by atomic mass is 10.2. The first-order chi connectivity index (χ1) is 9.17. The number of nitrogens with zero attached hydrogens (tertiary/aromatic N) is 2. The highest BCUT2D eigenvalue weighted by Crippen LogP contribution is 2.08.